The van der Waals surface area contributed by atoms with E-state index in [0.717, 1.165) is 16.7 Å². The molecule has 1 aliphatic heterocycles. The molecule has 0 bridgehead atoms. The molecule has 0 unspecified atom stereocenters. The molecular weight excluding hydrogens is 466 g/mol. The fraction of sp³-hybridized carbons (Fsp3) is 0.286. The highest BCUT2D eigenvalue weighted by Crippen LogP contribution is 2.44. The topological polar surface area (TPSA) is 76.1 Å². The number of carbonyl (C=O) groups excluding carboxylic acids is 1. The predicted octanol–water partition coefficient (Wildman–Crippen LogP) is 5.05. The van der Waals surface area contributed by atoms with Crippen molar-refractivity contribution < 1.29 is 24.2 Å². The van der Waals surface area contributed by atoms with Gasteiger partial charge < -0.3 is 19.5 Å². The van der Waals surface area contributed by atoms with E-state index in [1.165, 1.54) is 12.0 Å². The van der Waals surface area contributed by atoms with E-state index in [2.05, 4.69) is 0 Å². The van der Waals surface area contributed by atoms with Gasteiger partial charge in [-0.1, -0.05) is 54.1 Å². The van der Waals surface area contributed by atoms with Gasteiger partial charge >= 0.3 is 5.97 Å². The molecule has 0 aliphatic carbocycles. The van der Waals surface area contributed by atoms with Crippen molar-refractivity contribution in [2.75, 3.05) is 20.2 Å². The lowest BCUT2D eigenvalue weighted by Gasteiger charge is -2.24. The van der Waals surface area contributed by atoms with Gasteiger partial charge in [-0.05, 0) is 48.7 Å². The van der Waals surface area contributed by atoms with Crippen LogP contribution in [0.15, 0.2) is 66.7 Å². The SMILES string of the molecule is COc1cc(C(=O)N(CCc2ccccc2)CC(=O)O)cc2c1O[C@@](C)(Cc1ccc(Cl)cc1)C2. The Morgan fingerprint density at radius 3 is 2.46 bits per heavy atom. The molecule has 35 heavy (non-hydrogen) atoms. The number of amides is 1. The molecule has 1 aliphatic rings. The number of carboxylic acid groups (broad SMARTS) is 1. The molecule has 3 aromatic carbocycles. The largest absolute Gasteiger partial charge is 0.493 e. The Morgan fingerprint density at radius 2 is 1.80 bits per heavy atom. The summed E-state index contributed by atoms with van der Waals surface area (Å²) < 4.78 is 11.9. The summed E-state index contributed by atoms with van der Waals surface area (Å²) in [5.41, 5.74) is 2.86. The monoisotopic (exact) mass is 493 g/mol. The minimum Gasteiger partial charge on any atom is -0.493 e. The third-order valence-corrected chi connectivity index (χ3v) is 6.38. The Bertz CT molecular complexity index is 1210. The van der Waals surface area contributed by atoms with Gasteiger partial charge in [-0.15, -0.1) is 0 Å². The molecule has 0 saturated heterocycles. The lowest BCUT2D eigenvalue weighted by molar-refractivity contribution is -0.137. The molecule has 182 valence electrons. The fourth-order valence-electron chi connectivity index (χ4n) is 4.51. The molecule has 6 nitrogen and oxygen atoms in total. The first-order valence-electron chi connectivity index (χ1n) is 11.5. The highest BCUT2D eigenvalue weighted by Gasteiger charge is 2.38. The lowest BCUT2D eigenvalue weighted by atomic mass is 9.91. The maximum atomic E-state index is 13.4. The highest BCUT2D eigenvalue weighted by atomic mass is 35.5. The van der Waals surface area contributed by atoms with Crippen molar-refractivity contribution >= 4 is 23.5 Å². The maximum absolute atomic E-state index is 13.4. The van der Waals surface area contributed by atoms with Crippen LogP contribution >= 0.6 is 11.6 Å². The average molecular weight is 494 g/mol. The number of hydrogen-bond donors (Lipinski definition) is 1. The van der Waals surface area contributed by atoms with Crippen LogP contribution in [0.25, 0.3) is 0 Å². The average Bonchev–Trinajstić information content (AvgIpc) is 3.18. The zero-order chi connectivity index (χ0) is 25.0. The second-order valence-corrected chi connectivity index (χ2v) is 9.49. The molecule has 7 heteroatoms. The van der Waals surface area contributed by atoms with Gasteiger partial charge in [0.25, 0.3) is 5.91 Å². The first kappa shape index (κ1) is 24.6. The molecule has 0 radical (unpaired) electrons. The van der Waals surface area contributed by atoms with E-state index in [1.54, 1.807) is 12.1 Å². The quantitative estimate of drug-likeness (QED) is 0.451. The first-order valence-corrected chi connectivity index (χ1v) is 11.8. The van der Waals surface area contributed by atoms with Crippen LogP contribution in [0.3, 0.4) is 0 Å². The smallest absolute Gasteiger partial charge is 0.323 e. The minimum absolute atomic E-state index is 0.291. The van der Waals surface area contributed by atoms with Crippen LogP contribution in [-0.4, -0.2) is 47.7 Å². The van der Waals surface area contributed by atoms with Crippen molar-refractivity contribution in [3.8, 4) is 11.5 Å². The van der Waals surface area contributed by atoms with Gasteiger partial charge in [0.05, 0.1) is 7.11 Å². The number of ether oxygens (including phenoxy) is 2. The summed E-state index contributed by atoms with van der Waals surface area (Å²) >= 11 is 6.02. The first-order chi connectivity index (χ1) is 16.8. The molecule has 0 fully saturated rings. The molecule has 1 heterocycles. The second-order valence-electron chi connectivity index (χ2n) is 9.05. The Kier molecular flexibility index (Phi) is 7.31. The summed E-state index contributed by atoms with van der Waals surface area (Å²) in [6.07, 6.45) is 1.81. The van der Waals surface area contributed by atoms with Crippen molar-refractivity contribution in [3.05, 3.63) is 94.0 Å². The van der Waals surface area contributed by atoms with Gasteiger partial charge in [0.2, 0.25) is 0 Å². The third kappa shape index (κ3) is 5.95. The standard InChI is InChI=1S/C28H28ClNO5/c1-28(16-20-8-10-23(29)11-9-20)17-22-14-21(15-24(34-2)26(22)35-28)27(33)30(18-25(31)32)13-12-19-6-4-3-5-7-19/h3-11,14-15H,12-13,16-18H2,1-2H3,(H,31,32)/t28-/m0/s1. The summed E-state index contributed by atoms with van der Waals surface area (Å²) in [4.78, 5) is 26.3. The summed E-state index contributed by atoms with van der Waals surface area (Å²) in [5, 5.41) is 10.1. The molecule has 0 aromatic heterocycles. The number of methoxy groups -OCH3 is 1. The summed E-state index contributed by atoms with van der Waals surface area (Å²) in [5.74, 6) is -0.326. The number of fused-ring (bicyclic) bond motifs is 1. The molecule has 1 N–H and O–H groups in total. The van der Waals surface area contributed by atoms with Gasteiger partial charge in [-0.2, -0.15) is 0 Å². The summed E-state index contributed by atoms with van der Waals surface area (Å²) in [6, 6.07) is 20.8. The Balaban J connectivity index is 1.56. The number of nitrogens with zero attached hydrogens (tertiary/aromatic N) is 1. The number of carboxylic acids is 1. The van der Waals surface area contributed by atoms with E-state index in [9.17, 15) is 14.7 Å². The zero-order valence-corrected chi connectivity index (χ0v) is 20.5. The second kappa shape index (κ2) is 10.4. The molecular formula is C28H28ClNO5. The van der Waals surface area contributed by atoms with Crippen LogP contribution in [0.4, 0.5) is 0 Å². The fourth-order valence-corrected chi connectivity index (χ4v) is 4.63. The minimum atomic E-state index is -1.06. The summed E-state index contributed by atoms with van der Waals surface area (Å²) in [6.45, 7) is 1.94. The molecule has 3 aromatic rings. The molecule has 1 amide bonds. The van der Waals surface area contributed by atoms with E-state index in [-0.39, 0.29) is 12.5 Å². The van der Waals surface area contributed by atoms with Crippen LogP contribution < -0.4 is 9.47 Å². The van der Waals surface area contributed by atoms with Gasteiger partial charge in [-0.3, -0.25) is 9.59 Å². The Hall–Kier alpha value is -3.51. The normalized spacial score (nSPS) is 16.3. The molecule has 0 saturated carbocycles. The van der Waals surface area contributed by atoms with Crippen molar-refractivity contribution in [2.24, 2.45) is 0 Å². The van der Waals surface area contributed by atoms with E-state index >= 15 is 0 Å². The molecule has 4 rings (SSSR count). The van der Waals surface area contributed by atoms with E-state index in [0.29, 0.717) is 47.9 Å². The number of hydrogen-bond acceptors (Lipinski definition) is 4. The maximum Gasteiger partial charge on any atom is 0.323 e. The summed E-state index contributed by atoms with van der Waals surface area (Å²) in [7, 11) is 1.53. The van der Waals surface area contributed by atoms with Gasteiger partial charge in [0.1, 0.15) is 12.1 Å². The van der Waals surface area contributed by atoms with Gasteiger partial charge in [0.15, 0.2) is 11.5 Å². The van der Waals surface area contributed by atoms with Crippen LogP contribution in [-0.2, 0) is 24.1 Å². The van der Waals surface area contributed by atoms with Crippen molar-refractivity contribution in [1.29, 1.82) is 0 Å². The van der Waals surface area contributed by atoms with Crippen LogP contribution in [0, 0.1) is 0 Å². The van der Waals surface area contributed by atoms with Gasteiger partial charge in [-0.25, -0.2) is 0 Å². The highest BCUT2D eigenvalue weighted by molar-refractivity contribution is 6.30. The predicted molar refractivity (Wildman–Crippen MR) is 135 cm³/mol. The Labute approximate surface area is 210 Å². The zero-order valence-electron chi connectivity index (χ0n) is 19.8. The lowest BCUT2D eigenvalue weighted by Crippen LogP contribution is -2.37. The number of halogens is 1. The molecule has 0 spiro atoms. The van der Waals surface area contributed by atoms with Crippen LogP contribution in [0.5, 0.6) is 11.5 Å². The number of carbonyl (C=O) groups is 2. The van der Waals surface area contributed by atoms with Crippen LogP contribution in [0.1, 0.15) is 34.0 Å². The van der Waals surface area contributed by atoms with Crippen molar-refractivity contribution in [2.45, 2.75) is 31.8 Å². The molecule has 1 atom stereocenters. The Morgan fingerprint density at radius 1 is 1.09 bits per heavy atom. The number of benzene rings is 3. The van der Waals surface area contributed by atoms with E-state index in [1.807, 2.05) is 61.5 Å². The van der Waals surface area contributed by atoms with Crippen LogP contribution in [0.2, 0.25) is 5.02 Å². The van der Waals surface area contributed by atoms with Crippen molar-refractivity contribution in [1.82, 2.24) is 4.90 Å². The number of rotatable bonds is 9. The van der Waals surface area contributed by atoms with Gasteiger partial charge in [0, 0.05) is 35.5 Å². The van der Waals surface area contributed by atoms with Crippen molar-refractivity contribution in [3.63, 3.8) is 0 Å². The van der Waals surface area contributed by atoms with E-state index < -0.39 is 11.6 Å². The number of aliphatic carboxylic acids is 1. The van der Waals surface area contributed by atoms with E-state index in [4.69, 9.17) is 21.1 Å². The third-order valence-electron chi connectivity index (χ3n) is 6.13.